The van der Waals surface area contributed by atoms with E-state index in [-0.39, 0.29) is 18.2 Å². The summed E-state index contributed by atoms with van der Waals surface area (Å²) in [5.41, 5.74) is 0. The Balaban J connectivity index is 2.10. The van der Waals surface area contributed by atoms with Crippen molar-refractivity contribution in [3.05, 3.63) is 0 Å². The molecule has 1 amide bonds. The summed E-state index contributed by atoms with van der Waals surface area (Å²) in [7, 11) is 0. The maximum Gasteiger partial charge on any atom is 0.303 e. The van der Waals surface area contributed by atoms with Gasteiger partial charge in [0, 0.05) is 18.9 Å². The molecule has 0 heterocycles. The van der Waals surface area contributed by atoms with Gasteiger partial charge >= 0.3 is 5.97 Å². The van der Waals surface area contributed by atoms with E-state index in [0.29, 0.717) is 13.0 Å². The standard InChI is InChI=1S/C16H29NO3/c1-2-14(12-13-8-5-6-9-13)16(20)17-11-7-3-4-10-15(18)19/h13-14H,2-12H2,1H3,(H,17,20)(H,18,19). The maximum absolute atomic E-state index is 12.1. The van der Waals surface area contributed by atoms with E-state index >= 15 is 0 Å². The molecule has 0 spiro atoms. The molecule has 0 aromatic rings. The van der Waals surface area contributed by atoms with Crippen LogP contribution < -0.4 is 5.32 Å². The first-order valence-corrected chi connectivity index (χ1v) is 8.13. The van der Waals surface area contributed by atoms with Crippen LogP contribution in [0.1, 0.15) is 71.1 Å². The Hall–Kier alpha value is -1.06. The maximum atomic E-state index is 12.1. The minimum Gasteiger partial charge on any atom is -0.481 e. The molecule has 4 heteroatoms. The fourth-order valence-electron chi connectivity index (χ4n) is 3.04. The lowest BCUT2D eigenvalue weighted by molar-refractivity contribution is -0.137. The zero-order valence-corrected chi connectivity index (χ0v) is 12.7. The lowest BCUT2D eigenvalue weighted by Gasteiger charge is -2.18. The summed E-state index contributed by atoms with van der Waals surface area (Å²) >= 11 is 0. The first-order chi connectivity index (χ1) is 9.63. The predicted octanol–water partition coefficient (Wildman–Crippen LogP) is 3.35. The van der Waals surface area contributed by atoms with Gasteiger partial charge in [0.25, 0.3) is 0 Å². The number of carbonyl (C=O) groups is 2. The number of carbonyl (C=O) groups excluding carboxylic acids is 1. The van der Waals surface area contributed by atoms with E-state index in [2.05, 4.69) is 12.2 Å². The van der Waals surface area contributed by atoms with Crippen LogP contribution in [-0.2, 0) is 9.59 Å². The summed E-state index contributed by atoms with van der Waals surface area (Å²) < 4.78 is 0. The molecule has 0 aromatic carbocycles. The molecular formula is C16H29NO3. The molecule has 0 aromatic heterocycles. The van der Waals surface area contributed by atoms with Crippen LogP contribution in [0.25, 0.3) is 0 Å². The van der Waals surface area contributed by atoms with Crippen LogP contribution in [0.3, 0.4) is 0 Å². The highest BCUT2D eigenvalue weighted by Gasteiger charge is 2.23. The summed E-state index contributed by atoms with van der Waals surface area (Å²) in [4.78, 5) is 22.5. The van der Waals surface area contributed by atoms with Crippen molar-refractivity contribution in [2.45, 2.75) is 71.1 Å². The smallest absolute Gasteiger partial charge is 0.303 e. The third-order valence-corrected chi connectivity index (χ3v) is 4.32. The number of nitrogens with one attached hydrogen (secondary N) is 1. The monoisotopic (exact) mass is 283 g/mol. The minimum atomic E-state index is -0.739. The normalized spacial score (nSPS) is 17.1. The molecule has 1 aliphatic rings. The predicted molar refractivity (Wildman–Crippen MR) is 79.5 cm³/mol. The van der Waals surface area contributed by atoms with Crippen molar-refractivity contribution in [2.75, 3.05) is 6.54 Å². The van der Waals surface area contributed by atoms with Crippen LogP contribution in [-0.4, -0.2) is 23.5 Å². The van der Waals surface area contributed by atoms with E-state index < -0.39 is 5.97 Å². The highest BCUT2D eigenvalue weighted by Crippen LogP contribution is 2.31. The third kappa shape index (κ3) is 6.92. The zero-order valence-electron chi connectivity index (χ0n) is 12.7. The van der Waals surface area contributed by atoms with Crippen molar-refractivity contribution in [3.8, 4) is 0 Å². The molecule has 1 saturated carbocycles. The Morgan fingerprint density at radius 1 is 1.20 bits per heavy atom. The van der Waals surface area contributed by atoms with Gasteiger partial charge in [0.2, 0.25) is 5.91 Å². The molecule has 116 valence electrons. The lowest BCUT2D eigenvalue weighted by Crippen LogP contribution is -2.32. The first-order valence-electron chi connectivity index (χ1n) is 8.13. The Morgan fingerprint density at radius 2 is 1.90 bits per heavy atom. The second-order valence-corrected chi connectivity index (χ2v) is 5.99. The van der Waals surface area contributed by atoms with E-state index in [1.807, 2.05) is 0 Å². The van der Waals surface area contributed by atoms with Crippen LogP contribution in [0.15, 0.2) is 0 Å². The van der Waals surface area contributed by atoms with E-state index in [1.165, 1.54) is 25.7 Å². The third-order valence-electron chi connectivity index (χ3n) is 4.32. The van der Waals surface area contributed by atoms with E-state index in [9.17, 15) is 9.59 Å². The van der Waals surface area contributed by atoms with Gasteiger partial charge in [0.15, 0.2) is 0 Å². The molecule has 1 atom stereocenters. The molecule has 1 aliphatic carbocycles. The van der Waals surface area contributed by atoms with Crippen LogP contribution in [0.4, 0.5) is 0 Å². The largest absolute Gasteiger partial charge is 0.481 e. The van der Waals surface area contributed by atoms with Gasteiger partial charge in [-0.2, -0.15) is 0 Å². The van der Waals surface area contributed by atoms with Gasteiger partial charge in [-0.1, -0.05) is 39.0 Å². The van der Waals surface area contributed by atoms with Crippen molar-refractivity contribution in [3.63, 3.8) is 0 Å². The van der Waals surface area contributed by atoms with Gasteiger partial charge in [-0.15, -0.1) is 0 Å². The average molecular weight is 283 g/mol. The van der Waals surface area contributed by atoms with Gasteiger partial charge in [-0.25, -0.2) is 0 Å². The molecule has 0 bridgehead atoms. The topological polar surface area (TPSA) is 66.4 Å². The van der Waals surface area contributed by atoms with Crippen LogP contribution in [0.2, 0.25) is 0 Å². The second-order valence-electron chi connectivity index (χ2n) is 5.99. The molecule has 1 unspecified atom stereocenters. The van der Waals surface area contributed by atoms with Crippen molar-refractivity contribution in [2.24, 2.45) is 11.8 Å². The van der Waals surface area contributed by atoms with E-state index in [1.54, 1.807) is 0 Å². The molecule has 0 saturated heterocycles. The number of carboxylic acids is 1. The number of aliphatic carboxylic acids is 1. The van der Waals surface area contributed by atoms with E-state index in [4.69, 9.17) is 5.11 Å². The molecule has 0 radical (unpaired) electrons. The van der Waals surface area contributed by atoms with Crippen molar-refractivity contribution < 1.29 is 14.7 Å². The number of rotatable bonds is 10. The van der Waals surface area contributed by atoms with Crippen LogP contribution >= 0.6 is 0 Å². The Morgan fingerprint density at radius 3 is 2.50 bits per heavy atom. The Kier molecular flexibility index (Phi) is 8.31. The molecule has 2 N–H and O–H groups in total. The fraction of sp³-hybridized carbons (Fsp3) is 0.875. The lowest BCUT2D eigenvalue weighted by atomic mass is 9.91. The Labute approximate surface area is 122 Å². The highest BCUT2D eigenvalue weighted by atomic mass is 16.4. The number of unbranched alkanes of at least 4 members (excludes halogenated alkanes) is 2. The molecule has 1 rings (SSSR count). The SMILES string of the molecule is CCC(CC1CCCC1)C(=O)NCCCCCC(=O)O. The number of hydrogen-bond donors (Lipinski definition) is 2. The number of amides is 1. The van der Waals surface area contributed by atoms with Gasteiger partial charge in [0.1, 0.15) is 0 Å². The number of hydrogen-bond acceptors (Lipinski definition) is 2. The second kappa shape index (κ2) is 9.78. The van der Waals surface area contributed by atoms with Crippen LogP contribution in [0, 0.1) is 11.8 Å². The molecule has 20 heavy (non-hydrogen) atoms. The Bertz CT molecular complexity index is 298. The fourth-order valence-corrected chi connectivity index (χ4v) is 3.04. The summed E-state index contributed by atoms with van der Waals surface area (Å²) in [6, 6.07) is 0. The molecule has 1 fully saturated rings. The van der Waals surface area contributed by atoms with Gasteiger partial charge < -0.3 is 10.4 Å². The van der Waals surface area contributed by atoms with Gasteiger partial charge in [-0.3, -0.25) is 9.59 Å². The molecule has 4 nitrogen and oxygen atoms in total. The first kappa shape index (κ1) is 17.0. The minimum absolute atomic E-state index is 0.164. The summed E-state index contributed by atoms with van der Waals surface area (Å²) in [6.45, 7) is 2.77. The van der Waals surface area contributed by atoms with Crippen molar-refractivity contribution >= 4 is 11.9 Å². The number of carboxylic acid groups (broad SMARTS) is 1. The average Bonchev–Trinajstić information content (AvgIpc) is 2.92. The van der Waals surface area contributed by atoms with E-state index in [0.717, 1.165) is 31.6 Å². The van der Waals surface area contributed by atoms with Gasteiger partial charge in [0.05, 0.1) is 0 Å². The van der Waals surface area contributed by atoms with Crippen molar-refractivity contribution in [1.82, 2.24) is 5.32 Å². The highest BCUT2D eigenvalue weighted by molar-refractivity contribution is 5.78. The molecular weight excluding hydrogens is 254 g/mol. The quantitative estimate of drug-likeness (QED) is 0.604. The summed E-state index contributed by atoms with van der Waals surface area (Å²) in [5.74, 6) is 0.368. The zero-order chi connectivity index (χ0) is 14.8. The van der Waals surface area contributed by atoms with Crippen LogP contribution in [0.5, 0.6) is 0 Å². The molecule has 0 aliphatic heterocycles. The van der Waals surface area contributed by atoms with Crippen molar-refractivity contribution in [1.29, 1.82) is 0 Å². The summed E-state index contributed by atoms with van der Waals surface area (Å²) in [6.07, 6.45) is 9.86. The van der Waals surface area contributed by atoms with Gasteiger partial charge in [-0.05, 0) is 31.6 Å². The summed E-state index contributed by atoms with van der Waals surface area (Å²) in [5, 5.41) is 11.5.